The molecule has 2 aromatic carbocycles. The Kier molecular flexibility index (Phi) is 9.80. The molecule has 220 valence electrons. The first-order chi connectivity index (χ1) is 20.4. The van der Waals surface area contributed by atoms with Crippen LogP contribution in [-0.2, 0) is 11.3 Å². The quantitative estimate of drug-likeness (QED) is 0.143. The number of aliphatic hydroxyl groups excluding tert-OH is 1. The molecule has 3 heterocycles. The largest absolute Gasteiger partial charge is 0.395 e. The van der Waals surface area contributed by atoms with Crippen molar-refractivity contribution in [3.63, 3.8) is 0 Å². The van der Waals surface area contributed by atoms with E-state index in [0.29, 0.717) is 41.4 Å². The Morgan fingerprint density at radius 3 is 2.67 bits per heavy atom. The number of amides is 1. The number of benzene rings is 2. The smallest absolute Gasteiger partial charge is 0.227 e. The molecule has 0 spiro atoms. The van der Waals surface area contributed by atoms with Crippen LogP contribution in [0.25, 0.3) is 11.3 Å². The van der Waals surface area contributed by atoms with E-state index in [2.05, 4.69) is 39.7 Å². The van der Waals surface area contributed by atoms with E-state index in [1.807, 2.05) is 54.1 Å². The molecule has 1 aliphatic heterocycles. The van der Waals surface area contributed by atoms with Crippen LogP contribution >= 0.6 is 23.2 Å². The van der Waals surface area contributed by atoms with Crippen LogP contribution in [0.5, 0.6) is 0 Å². The third-order valence-electron chi connectivity index (χ3n) is 7.98. The van der Waals surface area contributed by atoms with Crippen LogP contribution in [0.3, 0.4) is 0 Å². The number of carbonyl (C=O) groups excluding carboxylic acids is 1. The summed E-state index contributed by atoms with van der Waals surface area (Å²) < 4.78 is 2.04. The minimum Gasteiger partial charge on any atom is -0.395 e. The average Bonchev–Trinajstić information content (AvgIpc) is 3.39. The zero-order valence-corrected chi connectivity index (χ0v) is 25.4. The lowest BCUT2D eigenvalue weighted by Crippen LogP contribution is -2.29. The third kappa shape index (κ3) is 6.95. The molecule has 0 aliphatic carbocycles. The first-order valence-corrected chi connectivity index (χ1v) is 14.9. The molecule has 3 N–H and O–H groups in total. The molecule has 2 aromatic heterocycles. The molecule has 1 unspecified atom stereocenters. The van der Waals surface area contributed by atoms with Crippen molar-refractivity contribution in [2.24, 2.45) is 0 Å². The molecule has 1 aliphatic rings. The number of aryl methyl sites for hydroxylation is 1. The molecule has 1 fully saturated rings. The van der Waals surface area contributed by atoms with E-state index in [0.717, 1.165) is 59.7 Å². The van der Waals surface area contributed by atoms with E-state index in [1.54, 1.807) is 6.20 Å². The van der Waals surface area contributed by atoms with E-state index in [-0.39, 0.29) is 12.5 Å². The molecular weight excluding hydrogens is 571 g/mol. The van der Waals surface area contributed by atoms with Gasteiger partial charge in [-0.3, -0.25) is 4.79 Å². The van der Waals surface area contributed by atoms with Crippen molar-refractivity contribution in [2.45, 2.75) is 38.1 Å². The molecular formula is C32H36Cl2N6O2. The summed E-state index contributed by atoms with van der Waals surface area (Å²) in [7, 11) is 2.16. The number of piperidine rings is 1. The molecule has 0 saturated carbocycles. The van der Waals surface area contributed by atoms with Gasteiger partial charge in [-0.25, -0.2) is 9.97 Å². The van der Waals surface area contributed by atoms with Crippen LogP contribution in [0, 0.1) is 6.92 Å². The average molecular weight is 608 g/mol. The van der Waals surface area contributed by atoms with Gasteiger partial charge in [-0.2, -0.15) is 0 Å². The maximum absolute atomic E-state index is 10.9. The number of aliphatic hydroxyl groups is 1. The van der Waals surface area contributed by atoms with Gasteiger partial charge >= 0.3 is 0 Å². The molecule has 10 heteroatoms. The van der Waals surface area contributed by atoms with Gasteiger partial charge in [0.2, 0.25) is 12.4 Å². The van der Waals surface area contributed by atoms with E-state index in [1.165, 1.54) is 5.56 Å². The number of halogens is 2. The van der Waals surface area contributed by atoms with Gasteiger partial charge in [-0.05, 0) is 92.8 Å². The molecule has 0 radical (unpaired) electrons. The van der Waals surface area contributed by atoms with Gasteiger partial charge in [0.05, 0.1) is 23.0 Å². The van der Waals surface area contributed by atoms with Crippen molar-refractivity contribution in [1.29, 1.82) is 0 Å². The van der Waals surface area contributed by atoms with Gasteiger partial charge in [-0.1, -0.05) is 41.4 Å². The van der Waals surface area contributed by atoms with Crippen LogP contribution in [0.15, 0.2) is 60.9 Å². The lowest BCUT2D eigenvalue weighted by Gasteiger charge is -2.29. The van der Waals surface area contributed by atoms with Crippen molar-refractivity contribution < 1.29 is 9.90 Å². The number of aromatic nitrogens is 3. The van der Waals surface area contributed by atoms with E-state index in [4.69, 9.17) is 28.2 Å². The highest BCUT2D eigenvalue weighted by atomic mass is 35.5. The molecule has 1 amide bonds. The zero-order valence-electron chi connectivity index (χ0n) is 23.9. The summed E-state index contributed by atoms with van der Waals surface area (Å²) in [4.78, 5) is 22.7. The fourth-order valence-corrected chi connectivity index (χ4v) is 6.06. The van der Waals surface area contributed by atoms with Gasteiger partial charge in [0.1, 0.15) is 0 Å². The van der Waals surface area contributed by atoms with Gasteiger partial charge < -0.3 is 25.2 Å². The molecule has 1 saturated heterocycles. The zero-order chi connectivity index (χ0) is 29.6. The number of hydrogen-bond acceptors (Lipinski definition) is 6. The second-order valence-corrected chi connectivity index (χ2v) is 11.7. The molecule has 5 rings (SSSR count). The lowest BCUT2D eigenvalue weighted by atomic mass is 9.89. The Morgan fingerprint density at radius 2 is 1.95 bits per heavy atom. The summed E-state index contributed by atoms with van der Waals surface area (Å²) in [6.07, 6.45) is 6.73. The highest BCUT2D eigenvalue weighted by Crippen LogP contribution is 2.35. The van der Waals surface area contributed by atoms with Crippen molar-refractivity contribution in [3.8, 4) is 11.3 Å². The Bertz CT molecular complexity index is 1530. The predicted molar refractivity (Wildman–Crippen MR) is 169 cm³/mol. The number of rotatable bonds is 11. The Morgan fingerprint density at radius 1 is 1.14 bits per heavy atom. The summed E-state index contributed by atoms with van der Waals surface area (Å²) in [6, 6.07) is 15.7. The summed E-state index contributed by atoms with van der Waals surface area (Å²) in [5, 5.41) is 17.7. The second-order valence-electron chi connectivity index (χ2n) is 10.9. The lowest BCUT2D eigenvalue weighted by molar-refractivity contribution is -0.109. The van der Waals surface area contributed by atoms with Gasteiger partial charge in [-0.15, -0.1) is 0 Å². The fourth-order valence-electron chi connectivity index (χ4n) is 5.63. The van der Waals surface area contributed by atoms with E-state index in [9.17, 15) is 9.90 Å². The second kappa shape index (κ2) is 13.7. The number of nitrogens with one attached hydrogen (secondary N) is 2. The highest BCUT2D eigenvalue weighted by Gasteiger charge is 2.22. The first-order valence-electron chi connectivity index (χ1n) is 14.2. The molecule has 0 bridgehead atoms. The topological polar surface area (TPSA) is 95.3 Å². The minimum atomic E-state index is -0.310. The van der Waals surface area contributed by atoms with Crippen LogP contribution in [0.4, 0.5) is 11.6 Å². The molecule has 1 atom stereocenters. The van der Waals surface area contributed by atoms with E-state index >= 15 is 0 Å². The van der Waals surface area contributed by atoms with Crippen molar-refractivity contribution in [1.82, 2.24) is 24.8 Å². The predicted octanol–water partition coefficient (Wildman–Crippen LogP) is 5.98. The molecule has 4 aromatic rings. The SMILES string of the molecule is Cc1cnc(Nc2ccc(C3CCN(C)CC3)cc2Cl)nc1-c1cc(C(CO)c2cccc(Cl)c2)n(CCNC=O)c1. The number of anilines is 2. The maximum atomic E-state index is 10.9. The van der Waals surface area contributed by atoms with E-state index < -0.39 is 0 Å². The number of carbonyl (C=O) groups is 1. The Hall–Kier alpha value is -3.43. The summed E-state index contributed by atoms with van der Waals surface area (Å²) >= 11 is 13.0. The van der Waals surface area contributed by atoms with Gasteiger partial charge in [0.15, 0.2) is 0 Å². The van der Waals surface area contributed by atoms with Crippen LogP contribution in [0.1, 0.15) is 47.1 Å². The van der Waals surface area contributed by atoms with Crippen molar-refractivity contribution >= 4 is 41.2 Å². The first kappa shape index (κ1) is 30.0. The van der Waals surface area contributed by atoms with Gasteiger partial charge in [0, 0.05) is 47.7 Å². The number of likely N-dealkylation sites (tertiary alicyclic amines) is 1. The normalized spacial score (nSPS) is 15.0. The van der Waals surface area contributed by atoms with Crippen molar-refractivity contribution in [3.05, 3.63) is 93.4 Å². The summed E-state index contributed by atoms with van der Waals surface area (Å²) in [6.45, 7) is 5.02. The highest BCUT2D eigenvalue weighted by molar-refractivity contribution is 6.33. The standard InChI is InChI=1S/C32H36Cl2N6O2/c1-21-17-36-32(37-29-7-6-23(15-28(29)34)22-8-11-39(2)12-9-22)38-31(21)25-16-30(40(18-25)13-10-35-20-42)27(19-41)24-4-3-5-26(33)14-24/h3-7,14-18,20,22,27,41H,8-13,19H2,1-2H3,(H,35,42)(H,36,37,38). The molecule has 42 heavy (non-hydrogen) atoms. The summed E-state index contributed by atoms with van der Waals surface area (Å²) in [5.74, 6) is 0.648. The van der Waals surface area contributed by atoms with Gasteiger partial charge in [0.25, 0.3) is 0 Å². The van der Waals surface area contributed by atoms with Crippen LogP contribution in [0.2, 0.25) is 10.0 Å². The van der Waals surface area contributed by atoms with Crippen LogP contribution < -0.4 is 10.6 Å². The Labute approximate surface area is 256 Å². The Balaban J connectivity index is 1.43. The minimum absolute atomic E-state index is 0.105. The number of nitrogens with zero attached hydrogens (tertiary/aromatic N) is 4. The number of hydrogen-bond donors (Lipinski definition) is 3. The third-order valence-corrected chi connectivity index (χ3v) is 8.52. The van der Waals surface area contributed by atoms with Crippen molar-refractivity contribution in [2.75, 3.05) is 38.6 Å². The summed E-state index contributed by atoms with van der Waals surface area (Å²) in [5.41, 5.74) is 6.35. The monoisotopic (exact) mass is 606 g/mol. The maximum Gasteiger partial charge on any atom is 0.227 e. The molecule has 8 nitrogen and oxygen atoms in total. The fraction of sp³-hybridized carbons (Fsp3) is 0.344. The van der Waals surface area contributed by atoms with Crippen LogP contribution in [-0.4, -0.2) is 64.2 Å².